The molecule has 1 aromatic heterocycles. The number of hydrogen-bond donors (Lipinski definition) is 0. The van der Waals surface area contributed by atoms with Crippen LogP contribution in [0.3, 0.4) is 0 Å². The minimum atomic E-state index is -0.764. The molecule has 0 aliphatic carbocycles. The van der Waals surface area contributed by atoms with E-state index < -0.39 is 12.1 Å². The number of fused-ring (bicyclic) bond motifs is 1. The summed E-state index contributed by atoms with van der Waals surface area (Å²) in [5, 5.41) is 0.362. The molecule has 0 aliphatic heterocycles. The molecule has 2 aromatic carbocycles. The van der Waals surface area contributed by atoms with Crippen molar-refractivity contribution in [2.75, 3.05) is 6.61 Å². The van der Waals surface area contributed by atoms with Gasteiger partial charge in [-0.2, -0.15) is 0 Å². The molecule has 1 heterocycles. The van der Waals surface area contributed by atoms with Crippen LogP contribution >= 0.6 is 0 Å². The first-order valence-corrected chi connectivity index (χ1v) is 9.61. The molecule has 1 atom stereocenters. The van der Waals surface area contributed by atoms with Gasteiger partial charge in [0.25, 0.3) is 0 Å². The first kappa shape index (κ1) is 20.5. The summed E-state index contributed by atoms with van der Waals surface area (Å²) < 4.78 is 22.0. The van der Waals surface area contributed by atoms with Gasteiger partial charge >= 0.3 is 5.97 Å². The fourth-order valence-corrected chi connectivity index (χ4v) is 2.73. The monoisotopic (exact) mass is 396 g/mol. The van der Waals surface area contributed by atoms with Gasteiger partial charge in [0.2, 0.25) is 11.2 Å². The fourth-order valence-electron chi connectivity index (χ4n) is 2.73. The highest BCUT2D eigenvalue weighted by Gasteiger charge is 2.17. The van der Waals surface area contributed by atoms with Gasteiger partial charge in [0.15, 0.2) is 6.10 Å². The van der Waals surface area contributed by atoms with Gasteiger partial charge in [-0.05, 0) is 50.1 Å². The molecule has 0 aliphatic rings. The maximum Gasteiger partial charge on any atom is 0.347 e. The van der Waals surface area contributed by atoms with Crippen molar-refractivity contribution >= 4 is 16.9 Å². The van der Waals surface area contributed by atoms with Crippen LogP contribution in [0.5, 0.6) is 17.2 Å². The number of aryl methyl sites for hydroxylation is 1. The third-order valence-electron chi connectivity index (χ3n) is 4.32. The molecule has 0 amide bonds. The summed E-state index contributed by atoms with van der Waals surface area (Å²) in [5.41, 5.74) is 1.08. The molecule has 0 bridgehead atoms. The smallest absolute Gasteiger partial charge is 0.347 e. The highest BCUT2D eigenvalue weighted by Crippen LogP contribution is 2.25. The van der Waals surface area contributed by atoms with Crippen molar-refractivity contribution < 1.29 is 23.4 Å². The van der Waals surface area contributed by atoms with Gasteiger partial charge in [0.05, 0.1) is 12.0 Å². The van der Waals surface area contributed by atoms with Crippen molar-refractivity contribution in [3.8, 4) is 17.2 Å². The van der Waals surface area contributed by atoms with Crippen LogP contribution in [-0.2, 0) is 9.53 Å². The Balaban J connectivity index is 1.75. The first-order chi connectivity index (χ1) is 14.0. The van der Waals surface area contributed by atoms with Crippen LogP contribution in [0.4, 0.5) is 0 Å². The number of esters is 1. The van der Waals surface area contributed by atoms with E-state index in [9.17, 15) is 9.59 Å². The molecule has 152 valence electrons. The summed E-state index contributed by atoms with van der Waals surface area (Å²) >= 11 is 0. The van der Waals surface area contributed by atoms with Crippen molar-refractivity contribution in [3.05, 3.63) is 64.5 Å². The van der Waals surface area contributed by atoms with Crippen LogP contribution in [0.25, 0.3) is 11.0 Å². The Bertz CT molecular complexity index is 1050. The lowest BCUT2D eigenvalue weighted by molar-refractivity contribution is -0.151. The van der Waals surface area contributed by atoms with Gasteiger partial charge in [0.1, 0.15) is 23.3 Å². The Morgan fingerprint density at radius 1 is 1.14 bits per heavy atom. The zero-order chi connectivity index (χ0) is 20.8. The summed E-state index contributed by atoms with van der Waals surface area (Å²) in [5.74, 6) is 0.645. The van der Waals surface area contributed by atoms with Crippen molar-refractivity contribution in [1.82, 2.24) is 0 Å². The molecule has 6 heteroatoms. The van der Waals surface area contributed by atoms with Crippen LogP contribution in [0.15, 0.2) is 57.9 Å². The van der Waals surface area contributed by atoms with Gasteiger partial charge in [-0.25, -0.2) is 4.79 Å². The minimum absolute atomic E-state index is 0.102. The van der Waals surface area contributed by atoms with Crippen LogP contribution in [0, 0.1) is 6.92 Å². The fraction of sp³-hybridized carbons (Fsp3) is 0.304. The summed E-state index contributed by atoms with van der Waals surface area (Å²) in [6.07, 6.45) is 2.27. The zero-order valence-electron chi connectivity index (χ0n) is 16.8. The van der Waals surface area contributed by atoms with Crippen LogP contribution in [0.2, 0.25) is 0 Å². The standard InChI is InChI=1S/C23H24O6/c1-4-5-11-26-23(25)16(3)28-18-9-10-19-20(13-18)27-14-21(22(19)24)29-17-8-6-7-15(2)12-17/h6-10,12-14,16H,4-5,11H2,1-3H3. The third kappa shape index (κ3) is 5.16. The maximum atomic E-state index is 12.7. The van der Waals surface area contributed by atoms with Crippen molar-refractivity contribution in [2.24, 2.45) is 0 Å². The second-order valence-corrected chi connectivity index (χ2v) is 6.79. The molecular weight excluding hydrogens is 372 g/mol. The maximum absolute atomic E-state index is 12.7. The number of benzene rings is 2. The quantitative estimate of drug-likeness (QED) is 0.394. The second-order valence-electron chi connectivity index (χ2n) is 6.79. The molecule has 3 rings (SSSR count). The van der Waals surface area contributed by atoms with E-state index in [1.54, 1.807) is 31.2 Å². The van der Waals surface area contributed by atoms with Gasteiger partial charge in [-0.1, -0.05) is 25.5 Å². The summed E-state index contributed by atoms with van der Waals surface area (Å²) in [6, 6.07) is 12.2. The molecule has 3 aromatic rings. The third-order valence-corrected chi connectivity index (χ3v) is 4.32. The van der Waals surface area contributed by atoms with Gasteiger partial charge in [-0.3, -0.25) is 4.79 Å². The van der Waals surface area contributed by atoms with E-state index in [1.165, 1.54) is 6.26 Å². The van der Waals surface area contributed by atoms with Crippen LogP contribution in [0.1, 0.15) is 32.3 Å². The number of hydrogen-bond acceptors (Lipinski definition) is 6. The van der Waals surface area contributed by atoms with Crippen molar-refractivity contribution in [2.45, 2.75) is 39.7 Å². The number of rotatable bonds is 8. The van der Waals surface area contributed by atoms with E-state index in [-0.39, 0.29) is 11.2 Å². The molecule has 0 saturated carbocycles. The molecule has 0 fully saturated rings. The lowest BCUT2D eigenvalue weighted by Crippen LogP contribution is -2.26. The number of unbranched alkanes of at least 4 members (excludes halogenated alkanes) is 1. The lowest BCUT2D eigenvalue weighted by atomic mass is 10.2. The van der Waals surface area contributed by atoms with Crippen molar-refractivity contribution in [3.63, 3.8) is 0 Å². The predicted molar refractivity (Wildman–Crippen MR) is 110 cm³/mol. The average Bonchev–Trinajstić information content (AvgIpc) is 2.70. The predicted octanol–water partition coefficient (Wildman–Crippen LogP) is 5.00. The topological polar surface area (TPSA) is 75.0 Å². The molecule has 6 nitrogen and oxygen atoms in total. The van der Waals surface area contributed by atoms with E-state index in [0.717, 1.165) is 18.4 Å². The lowest BCUT2D eigenvalue weighted by Gasteiger charge is -2.14. The summed E-state index contributed by atoms with van der Waals surface area (Å²) in [4.78, 5) is 24.7. The number of carbonyl (C=O) groups excluding carboxylic acids is 1. The van der Waals surface area contributed by atoms with E-state index in [4.69, 9.17) is 18.6 Å². The molecule has 0 N–H and O–H groups in total. The molecule has 29 heavy (non-hydrogen) atoms. The molecule has 0 saturated heterocycles. The van der Waals surface area contributed by atoms with E-state index in [1.807, 2.05) is 32.0 Å². The SMILES string of the molecule is CCCCOC(=O)C(C)Oc1ccc2c(=O)c(Oc3cccc(C)c3)coc2c1. The normalized spacial score (nSPS) is 11.8. The summed E-state index contributed by atoms with van der Waals surface area (Å²) in [6.45, 7) is 5.96. The van der Waals surface area contributed by atoms with Gasteiger partial charge in [-0.15, -0.1) is 0 Å². The molecule has 0 radical (unpaired) electrons. The van der Waals surface area contributed by atoms with E-state index in [0.29, 0.717) is 29.1 Å². The molecule has 1 unspecified atom stereocenters. The second kappa shape index (κ2) is 9.28. The minimum Gasteiger partial charge on any atom is -0.479 e. The zero-order valence-corrected chi connectivity index (χ0v) is 16.8. The Labute approximate surface area is 169 Å². The highest BCUT2D eigenvalue weighted by molar-refractivity contribution is 5.79. The molecule has 0 spiro atoms. The molecular formula is C23H24O6. The Morgan fingerprint density at radius 3 is 2.72 bits per heavy atom. The summed E-state index contributed by atoms with van der Waals surface area (Å²) in [7, 11) is 0. The van der Waals surface area contributed by atoms with E-state index >= 15 is 0 Å². The first-order valence-electron chi connectivity index (χ1n) is 9.61. The van der Waals surface area contributed by atoms with Gasteiger partial charge < -0.3 is 18.6 Å². The number of carbonyl (C=O) groups is 1. The van der Waals surface area contributed by atoms with Gasteiger partial charge in [0, 0.05) is 6.07 Å². The largest absolute Gasteiger partial charge is 0.479 e. The van der Waals surface area contributed by atoms with E-state index in [2.05, 4.69) is 0 Å². The highest BCUT2D eigenvalue weighted by atomic mass is 16.6. The number of ether oxygens (including phenoxy) is 3. The average molecular weight is 396 g/mol. The Hall–Kier alpha value is -3.28. The Kier molecular flexibility index (Phi) is 6.54. The van der Waals surface area contributed by atoms with Crippen LogP contribution < -0.4 is 14.9 Å². The van der Waals surface area contributed by atoms with Crippen LogP contribution in [-0.4, -0.2) is 18.7 Å². The Morgan fingerprint density at radius 2 is 1.97 bits per heavy atom. The van der Waals surface area contributed by atoms with Crippen molar-refractivity contribution in [1.29, 1.82) is 0 Å².